The fourth-order valence-corrected chi connectivity index (χ4v) is 4.00. The number of nitrogens with two attached hydrogens (primary N) is 1. The van der Waals surface area contributed by atoms with E-state index in [1.54, 1.807) is 0 Å². The molecule has 4 nitrogen and oxygen atoms in total. The molecule has 2 heterocycles. The van der Waals surface area contributed by atoms with Gasteiger partial charge < -0.3 is 10.5 Å². The molecule has 1 aromatic rings. The van der Waals surface area contributed by atoms with Gasteiger partial charge >= 0.3 is 0 Å². The summed E-state index contributed by atoms with van der Waals surface area (Å²) in [6.45, 7) is 7.18. The van der Waals surface area contributed by atoms with E-state index >= 15 is 0 Å². The number of benzene rings is 1. The molecule has 0 bridgehead atoms. The van der Waals surface area contributed by atoms with Crippen LogP contribution in [0.15, 0.2) is 24.3 Å². The minimum Gasteiger partial charge on any atom is -0.492 e. The van der Waals surface area contributed by atoms with E-state index < -0.39 is 0 Å². The fourth-order valence-electron chi connectivity index (χ4n) is 4.00. The molecule has 0 saturated carbocycles. The van der Waals surface area contributed by atoms with Gasteiger partial charge in [-0.25, -0.2) is 0 Å². The van der Waals surface area contributed by atoms with Gasteiger partial charge in [0, 0.05) is 31.2 Å². The van der Waals surface area contributed by atoms with E-state index in [-0.39, 0.29) is 0 Å². The van der Waals surface area contributed by atoms with Crippen molar-refractivity contribution in [1.82, 2.24) is 9.80 Å². The number of ether oxygens (including phenoxy) is 1. The zero-order chi connectivity index (χ0) is 16.6. The summed E-state index contributed by atoms with van der Waals surface area (Å²) >= 11 is 0. The number of nitrogens with zero attached hydrogens (tertiary/aromatic N) is 2. The van der Waals surface area contributed by atoms with Crippen molar-refractivity contribution in [3.05, 3.63) is 29.8 Å². The Morgan fingerprint density at radius 1 is 1.00 bits per heavy atom. The van der Waals surface area contributed by atoms with Gasteiger partial charge in [0.2, 0.25) is 0 Å². The molecule has 0 aliphatic carbocycles. The SMILES string of the molecule is NCC1CCCCN1Cc1ccccc1OCCN1CCCCC1. The first-order chi connectivity index (χ1) is 11.9. The number of para-hydroxylation sites is 1. The Kier molecular flexibility index (Phi) is 6.94. The summed E-state index contributed by atoms with van der Waals surface area (Å²) in [5, 5.41) is 0. The Labute approximate surface area is 147 Å². The van der Waals surface area contributed by atoms with Crippen LogP contribution in [0, 0.1) is 0 Å². The average Bonchev–Trinajstić information content (AvgIpc) is 2.64. The second-order valence-corrected chi connectivity index (χ2v) is 7.21. The van der Waals surface area contributed by atoms with Crippen LogP contribution in [0.4, 0.5) is 0 Å². The molecule has 24 heavy (non-hydrogen) atoms. The molecule has 0 aromatic heterocycles. The molecule has 3 rings (SSSR count). The van der Waals surface area contributed by atoms with Crippen molar-refractivity contribution in [2.24, 2.45) is 5.73 Å². The van der Waals surface area contributed by atoms with Crippen molar-refractivity contribution < 1.29 is 4.74 Å². The summed E-state index contributed by atoms with van der Waals surface area (Å²) in [6, 6.07) is 9.05. The molecule has 2 N–H and O–H groups in total. The summed E-state index contributed by atoms with van der Waals surface area (Å²) in [7, 11) is 0. The van der Waals surface area contributed by atoms with E-state index in [1.807, 2.05) is 0 Å². The van der Waals surface area contributed by atoms with Gasteiger partial charge in [0.25, 0.3) is 0 Å². The molecule has 0 spiro atoms. The molecule has 2 fully saturated rings. The van der Waals surface area contributed by atoms with Gasteiger partial charge in [-0.2, -0.15) is 0 Å². The van der Waals surface area contributed by atoms with Crippen molar-refractivity contribution >= 4 is 0 Å². The van der Waals surface area contributed by atoms with Crippen LogP contribution in [-0.4, -0.2) is 55.2 Å². The zero-order valence-electron chi connectivity index (χ0n) is 15.0. The highest BCUT2D eigenvalue weighted by molar-refractivity contribution is 5.33. The largest absolute Gasteiger partial charge is 0.492 e. The van der Waals surface area contributed by atoms with E-state index in [2.05, 4.69) is 34.1 Å². The lowest BCUT2D eigenvalue weighted by atomic mass is 10.0. The normalized spacial score (nSPS) is 23.3. The Morgan fingerprint density at radius 3 is 2.62 bits per heavy atom. The van der Waals surface area contributed by atoms with Crippen molar-refractivity contribution in [3.63, 3.8) is 0 Å². The first-order valence-electron chi connectivity index (χ1n) is 9.74. The van der Waals surface area contributed by atoms with E-state index in [4.69, 9.17) is 10.5 Å². The Bertz CT molecular complexity index is 488. The second-order valence-electron chi connectivity index (χ2n) is 7.21. The summed E-state index contributed by atoms with van der Waals surface area (Å²) in [4.78, 5) is 5.07. The standard InChI is InChI=1S/C20H33N3O/c21-16-19-9-4-7-13-23(19)17-18-8-2-3-10-20(18)24-15-14-22-11-5-1-6-12-22/h2-3,8,10,19H,1,4-7,9,11-17,21H2. The van der Waals surface area contributed by atoms with Crippen molar-refractivity contribution in [1.29, 1.82) is 0 Å². The highest BCUT2D eigenvalue weighted by Gasteiger charge is 2.22. The van der Waals surface area contributed by atoms with Crippen molar-refractivity contribution in [2.45, 2.75) is 51.1 Å². The molecule has 1 aromatic carbocycles. The second kappa shape index (κ2) is 9.40. The summed E-state index contributed by atoms with van der Waals surface area (Å²) in [5.41, 5.74) is 7.27. The maximum absolute atomic E-state index is 6.15. The number of piperidine rings is 2. The van der Waals surface area contributed by atoms with Crippen LogP contribution in [0.2, 0.25) is 0 Å². The number of rotatable bonds is 7. The molecular weight excluding hydrogens is 298 g/mol. The lowest BCUT2D eigenvalue weighted by molar-refractivity contribution is 0.141. The number of likely N-dealkylation sites (tertiary alicyclic amines) is 2. The maximum Gasteiger partial charge on any atom is 0.123 e. The highest BCUT2D eigenvalue weighted by Crippen LogP contribution is 2.24. The van der Waals surface area contributed by atoms with Gasteiger partial charge in [0.15, 0.2) is 0 Å². The van der Waals surface area contributed by atoms with Crippen LogP contribution in [0.5, 0.6) is 5.75 Å². The lowest BCUT2D eigenvalue weighted by Crippen LogP contribution is -2.43. The molecule has 0 amide bonds. The molecule has 1 atom stereocenters. The topological polar surface area (TPSA) is 41.7 Å². The van der Waals surface area contributed by atoms with Gasteiger partial charge in [-0.3, -0.25) is 9.80 Å². The van der Waals surface area contributed by atoms with Crippen LogP contribution in [0.1, 0.15) is 44.1 Å². The summed E-state index contributed by atoms with van der Waals surface area (Å²) in [5.74, 6) is 1.05. The lowest BCUT2D eigenvalue weighted by Gasteiger charge is -2.35. The smallest absolute Gasteiger partial charge is 0.123 e. The fraction of sp³-hybridized carbons (Fsp3) is 0.700. The van der Waals surface area contributed by atoms with Gasteiger partial charge in [0.1, 0.15) is 12.4 Å². The molecule has 4 heteroatoms. The van der Waals surface area contributed by atoms with Crippen LogP contribution in [0.25, 0.3) is 0 Å². The minimum atomic E-state index is 0.528. The van der Waals surface area contributed by atoms with Crippen LogP contribution >= 0.6 is 0 Å². The Morgan fingerprint density at radius 2 is 1.79 bits per heavy atom. The molecule has 0 radical (unpaired) electrons. The van der Waals surface area contributed by atoms with E-state index in [1.165, 1.54) is 57.2 Å². The van der Waals surface area contributed by atoms with E-state index in [0.717, 1.165) is 38.5 Å². The maximum atomic E-state index is 6.15. The Balaban J connectivity index is 1.54. The minimum absolute atomic E-state index is 0.528. The quantitative estimate of drug-likeness (QED) is 0.834. The van der Waals surface area contributed by atoms with Gasteiger partial charge in [-0.05, 0) is 51.4 Å². The predicted octanol–water partition coefficient (Wildman–Crippen LogP) is 2.86. The van der Waals surface area contributed by atoms with Crippen molar-refractivity contribution in [3.8, 4) is 5.75 Å². The average molecular weight is 332 g/mol. The number of hydrogen-bond acceptors (Lipinski definition) is 4. The van der Waals surface area contributed by atoms with E-state index in [0.29, 0.717) is 6.04 Å². The third kappa shape index (κ3) is 4.95. The first-order valence-corrected chi connectivity index (χ1v) is 9.74. The van der Waals surface area contributed by atoms with Crippen LogP contribution in [0.3, 0.4) is 0 Å². The molecule has 2 aliphatic heterocycles. The highest BCUT2D eigenvalue weighted by atomic mass is 16.5. The Hall–Kier alpha value is -1.10. The van der Waals surface area contributed by atoms with Crippen LogP contribution in [-0.2, 0) is 6.54 Å². The molecule has 2 saturated heterocycles. The van der Waals surface area contributed by atoms with Crippen LogP contribution < -0.4 is 10.5 Å². The first kappa shape index (κ1) is 17.7. The van der Waals surface area contributed by atoms with E-state index in [9.17, 15) is 0 Å². The third-order valence-corrected chi connectivity index (χ3v) is 5.48. The molecular formula is C20H33N3O. The summed E-state index contributed by atoms with van der Waals surface area (Å²) in [6.07, 6.45) is 7.89. The zero-order valence-corrected chi connectivity index (χ0v) is 15.0. The molecule has 1 unspecified atom stereocenters. The van der Waals surface area contributed by atoms with Gasteiger partial charge in [-0.1, -0.05) is 31.0 Å². The molecule has 134 valence electrons. The monoisotopic (exact) mass is 331 g/mol. The van der Waals surface area contributed by atoms with Gasteiger partial charge in [0.05, 0.1) is 0 Å². The molecule has 2 aliphatic rings. The predicted molar refractivity (Wildman–Crippen MR) is 99.3 cm³/mol. The summed E-state index contributed by atoms with van der Waals surface area (Å²) < 4.78 is 6.15. The number of hydrogen-bond donors (Lipinski definition) is 1. The van der Waals surface area contributed by atoms with Gasteiger partial charge in [-0.15, -0.1) is 0 Å². The third-order valence-electron chi connectivity index (χ3n) is 5.48. The van der Waals surface area contributed by atoms with Crippen molar-refractivity contribution in [2.75, 3.05) is 39.3 Å².